The molecule has 4 rings (SSSR count). The molecule has 25 heavy (non-hydrogen) atoms. The molecular weight excluding hydrogens is 330 g/mol. The summed E-state index contributed by atoms with van der Waals surface area (Å²) >= 11 is 1.68. The Morgan fingerprint density at radius 1 is 1.12 bits per heavy atom. The van der Waals surface area contributed by atoms with Crippen LogP contribution in [0.4, 0.5) is 0 Å². The lowest BCUT2D eigenvalue weighted by atomic mass is 10.1. The van der Waals surface area contributed by atoms with Crippen LogP contribution in [0.15, 0.2) is 54.7 Å². The van der Waals surface area contributed by atoms with Crippen molar-refractivity contribution >= 4 is 16.3 Å². The standard InChI is InChI=1S/C20H19N3OS/c1-13-10-15(8-9-17(13)24-2)19-16(11-21)23-12-18(25-20(23)22-19)14-6-4-3-5-7-14/h3-10,12H,11,21H2,1-2H3. The number of thiazole rings is 1. The molecule has 5 heteroatoms. The molecule has 0 fully saturated rings. The number of rotatable bonds is 4. The number of aryl methyl sites for hydroxylation is 1. The van der Waals surface area contributed by atoms with Gasteiger partial charge in [0.25, 0.3) is 0 Å². The molecule has 4 nitrogen and oxygen atoms in total. The summed E-state index contributed by atoms with van der Waals surface area (Å²) in [5, 5.41) is 0. The van der Waals surface area contributed by atoms with Crippen molar-refractivity contribution in [1.82, 2.24) is 9.38 Å². The van der Waals surface area contributed by atoms with E-state index in [1.54, 1.807) is 18.4 Å². The number of methoxy groups -OCH3 is 1. The Labute approximate surface area is 150 Å². The molecule has 2 aromatic carbocycles. The van der Waals surface area contributed by atoms with Crippen LogP contribution in [0.5, 0.6) is 5.75 Å². The highest BCUT2D eigenvalue weighted by Gasteiger charge is 2.16. The highest BCUT2D eigenvalue weighted by molar-refractivity contribution is 7.20. The first kappa shape index (κ1) is 15.9. The first-order valence-electron chi connectivity index (χ1n) is 8.12. The van der Waals surface area contributed by atoms with E-state index >= 15 is 0 Å². The van der Waals surface area contributed by atoms with Crippen LogP contribution in [0.25, 0.3) is 26.7 Å². The van der Waals surface area contributed by atoms with Gasteiger partial charge in [0.05, 0.1) is 23.4 Å². The topological polar surface area (TPSA) is 52.5 Å². The third-order valence-electron chi connectivity index (χ3n) is 4.35. The molecule has 0 aliphatic heterocycles. The fourth-order valence-electron chi connectivity index (χ4n) is 3.08. The Hall–Kier alpha value is -2.63. The van der Waals surface area contributed by atoms with Crippen LogP contribution in [-0.2, 0) is 6.54 Å². The van der Waals surface area contributed by atoms with E-state index in [0.717, 1.165) is 33.2 Å². The van der Waals surface area contributed by atoms with Crippen LogP contribution < -0.4 is 10.5 Å². The number of hydrogen-bond acceptors (Lipinski definition) is 4. The Morgan fingerprint density at radius 2 is 1.92 bits per heavy atom. The summed E-state index contributed by atoms with van der Waals surface area (Å²) in [5.74, 6) is 0.880. The van der Waals surface area contributed by atoms with Crippen molar-refractivity contribution in [3.8, 4) is 27.4 Å². The molecule has 0 bridgehead atoms. The zero-order chi connectivity index (χ0) is 17.4. The molecule has 2 N–H and O–H groups in total. The van der Waals surface area contributed by atoms with Gasteiger partial charge < -0.3 is 10.5 Å². The van der Waals surface area contributed by atoms with Crippen LogP contribution in [-0.4, -0.2) is 16.5 Å². The Morgan fingerprint density at radius 3 is 2.60 bits per heavy atom. The Kier molecular flexibility index (Phi) is 4.03. The van der Waals surface area contributed by atoms with Crippen molar-refractivity contribution < 1.29 is 4.74 Å². The second-order valence-electron chi connectivity index (χ2n) is 5.91. The smallest absolute Gasteiger partial charge is 0.195 e. The summed E-state index contributed by atoms with van der Waals surface area (Å²) in [4.78, 5) is 7.01. The zero-order valence-corrected chi connectivity index (χ0v) is 15.0. The van der Waals surface area contributed by atoms with Gasteiger partial charge in [-0.2, -0.15) is 0 Å². The second-order valence-corrected chi connectivity index (χ2v) is 6.92. The predicted molar refractivity (Wildman–Crippen MR) is 103 cm³/mol. The molecule has 0 radical (unpaired) electrons. The lowest BCUT2D eigenvalue weighted by Gasteiger charge is -2.07. The van der Waals surface area contributed by atoms with Crippen molar-refractivity contribution in [3.63, 3.8) is 0 Å². The average Bonchev–Trinajstić information content (AvgIpc) is 3.20. The number of nitrogens with zero attached hydrogens (tertiary/aromatic N) is 2. The van der Waals surface area contributed by atoms with E-state index in [1.165, 1.54) is 10.4 Å². The molecule has 2 aromatic heterocycles. The molecule has 0 spiro atoms. The van der Waals surface area contributed by atoms with Crippen molar-refractivity contribution in [2.75, 3.05) is 7.11 Å². The van der Waals surface area contributed by atoms with E-state index in [4.69, 9.17) is 15.5 Å². The van der Waals surface area contributed by atoms with Crippen LogP contribution in [0.3, 0.4) is 0 Å². The fraction of sp³-hybridized carbons (Fsp3) is 0.150. The molecule has 0 aliphatic rings. The molecule has 4 aromatic rings. The summed E-state index contributed by atoms with van der Waals surface area (Å²) in [6.45, 7) is 2.48. The average molecular weight is 349 g/mol. The van der Waals surface area contributed by atoms with Gasteiger partial charge in [0.1, 0.15) is 5.75 Å². The van der Waals surface area contributed by atoms with Gasteiger partial charge in [-0.3, -0.25) is 4.40 Å². The number of aromatic nitrogens is 2. The summed E-state index contributed by atoms with van der Waals surface area (Å²) in [6.07, 6.45) is 2.13. The fourth-order valence-corrected chi connectivity index (χ4v) is 4.09. The predicted octanol–water partition coefficient (Wildman–Crippen LogP) is 4.51. The molecular formula is C20H19N3OS. The minimum atomic E-state index is 0.437. The maximum atomic E-state index is 6.06. The first-order valence-corrected chi connectivity index (χ1v) is 8.94. The monoisotopic (exact) mass is 349 g/mol. The quantitative estimate of drug-likeness (QED) is 0.590. The number of nitrogens with two attached hydrogens (primary N) is 1. The number of hydrogen-bond donors (Lipinski definition) is 1. The van der Waals surface area contributed by atoms with Crippen LogP contribution in [0.2, 0.25) is 0 Å². The molecule has 0 unspecified atom stereocenters. The highest BCUT2D eigenvalue weighted by atomic mass is 32.1. The summed E-state index contributed by atoms with van der Waals surface area (Å²) < 4.78 is 7.47. The summed E-state index contributed by atoms with van der Waals surface area (Å²) in [7, 11) is 1.69. The van der Waals surface area contributed by atoms with Crippen molar-refractivity contribution in [2.24, 2.45) is 5.73 Å². The van der Waals surface area contributed by atoms with E-state index in [-0.39, 0.29) is 0 Å². The van der Waals surface area contributed by atoms with Crippen LogP contribution in [0, 0.1) is 6.92 Å². The molecule has 0 amide bonds. The van der Waals surface area contributed by atoms with E-state index < -0.39 is 0 Å². The van der Waals surface area contributed by atoms with Crippen molar-refractivity contribution in [2.45, 2.75) is 13.5 Å². The van der Waals surface area contributed by atoms with Gasteiger partial charge in [0.2, 0.25) is 0 Å². The molecule has 0 aliphatic carbocycles. The SMILES string of the molecule is COc1ccc(-c2nc3sc(-c4ccccc4)cn3c2CN)cc1C. The molecule has 0 saturated carbocycles. The minimum Gasteiger partial charge on any atom is -0.496 e. The first-order chi connectivity index (χ1) is 12.2. The normalized spacial score (nSPS) is 11.2. The Bertz CT molecular complexity index is 1030. The number of imidazole rings is 1. The highest BCUT2D eigenvalue weighted by Crippen LogP contribution is 2.34. The number of fused-ring (bicyclic) bond motifs is 1. The van der Waals surface area contributed by atoms with E-state index in [2.05, 4.69) is 28.8 Å². The molecule has 0 atom stereocenters. The van der Waals surface area contributed by atoms with Crippen LogP contribution >= 0.6 is 11.3 Å². The van der Waals surface area contributed by atoms with E-state index in [1.807, 2.05) is 37.3 Å². The van der Waals surface area contributed by atoms with E-state index in [0.29, 0.717) is 6.54 Å². The lowest BCUT2D eigenvalue weighted by Crippen LogP contribution is -2.01. The summed E-state index contributed by atoms with van der Waals surface area (Å²) in [6, 6.07) is 16.5. The molecule has 2 heterocycles. The lowest BCUT2D eigenvalue weighted by molar-refractivity contribution is 0.412. The minimum absolute atomic E-state index is 0.437. The van der Waals surface area contributed by atoms with Gasteiger partial charge in [-0.25, -0.2) is 4.98 Å². The van der Waals surface area contributed by atoms with Gasteiger partial charge in [-0.15, -0.1) is 0 Å². The number of benzene rings is 2. The van der Waals surface area contributed by atoms with Crippen molar-refractivity contribution in [3.05, 3.63) is 66.0 Å². The maximum absolute atomic E-state index is 6.06. The number of ether oxygens (including phenoxy) is 1. The van der Waals surface area contributed by atoms with Gasteiger partial charge in [-0.05, 0) is 36.2 Å². The molecule has 126 valence electrons. The van der Waals surface area contributed by atoms with Gasteiger partial charge in [0, 0.05) is 18.3 Å². The van der Waals surface area contributed by atoms with Crippen molar-refractivity contribution in [1.29, 1.82) is 0 Å². The third-order valence-corrected chi connectivity index (χ3v) is 5.38. The maximum Gasteiger partial charge on any atom is 0.195 e. The van der Waals surface area contributed by atoms with E-state index in [9.17, 15) is 0 Å². The van der Waals surface area contributed by atoms with Gasteiger partial charge >= 0.3 is 0 Å². The van der Waals surface area contributed by atoms with Crippen LogP contribution in [0.1, 0.15) is 11.3 Å². The Balaban J connectivity index is 1.83. The largest absolute Gasteiger partial charge is 0.496 e. The molecule has 0 saturated heterocycles. The third kappa shape index (κ3) is 2.71. The van der Waals surface area contributed by atoms with Gasteiger partial charge in [0.15, 0.2) is 4.96 Å². The second kappa shape index (κ2) is 6.35. The summed E-state index contributed by atoms with van der Waals surface area (Å²) in [5.41, 5.74) is 11.4. The van der Waals surface area contributed by atoms with Gasteiger partial charge in [-0.1, -0.05) is 41.7 Å². The zero-order valence-electron chi connectivity index (χ0n) is 14.2.